The van der Waals surface area contributed by atoms with E-state index in [0.29, 0.717) is 12.6 Å². The van der Waals surface area contributed by atoms with Crippen molar-refractivity contribution in [3.8, 4) is 0 Å². The molecule has 0 saturated heterocycles. The van der Waals surface area contributed by atoms with Gasteiger partial charge >= 0.3 is 0 Å². The van der Waals surface area contributed by atoms with Crippen LogP contribution in [0.3, 0.4) is 0 Å². The van der Waals surface area contributed by atoms with Crippen molar-refractivity contribution in [2.45, 2.75) is 25.8 Å². The van der Waals surface area contributed by atoms with Crippen LogP contribution in [-0.4, -0.2) is 40.4 Å². The van der Waals surface area contributed by atoms with Crippen molar-refractivity contribution < 1.29 is 4.74 Å². The van der Waals surface area contributed by atoms with E-state index in [-0.39, 0.29) is 0 Å². The fourth-order valence-corrected chi connectivity index (χ4v) is 2.18. The van der Waals surface area contributed by atoms with Gasteiger partial charge in [-0.3, -0.25) is 0 Å². The summed E-state index contributed by atoms with van der Waals surface area (Å²) in [4.78, 5) is 2.13. The first-order chi connectivity index (χ1) is 9.08. The smallest absolute Gasteiger partial charge is 0.0664 e. The maximum atomic E-state index is 5.57. The predicted octanol–water partition coefficient (Wildman–Crippen LogP) is 2.23. The summed E-state index contributed by atoms with van der Waals surface area (Å²) >= 11 is 0. The number of anilines is 2. The molecule has 0 spiro atoms. The molecule has 1 aromatic carbocycles. The molecular weight excluding hydrogens is 238 g/mol. The maximum absolute atomic E-state index is 5.57. The second kappa shape index (κ2) is 8.02. The Morgan fingerprint density at radius 1 is 1.37 bits per heavy atom. The summed E-state index contributed by atoms with van der Waals surface area (Å²) in [5.74, 6) is 0. The number of hydrogen-bond acceptors (Lipinski definition) is 4. The SMILES string of the molecule is COCC(CCCN)Nc1ccc(C)c(N(C)C)c1. The van der Waals surface area contributed by atoms with Gasteiger partial charge in [0.15, 0.2) is 0 Å². The maximum Gasteiger partial charge on any atom is 0.0664 e. The van der Waals surface area contributed by atoms with Crippen molar-refractivity contribution in [1.82, 2.24) is 0 Å². The summed E-state index contributed by atoms with van der Waals surface area (Å²) in [6.45, 7) is 3.55. The summed E-state index contributed by atoms with van der Waals surface area (Å²) < 4.78 is 5.26. The van der Waals surface area contributed by atoms with Gasteiger partial charge in [0, 0.05) is 38.6 Å². The molecule has 0 aromatic heterocycles. The molecule has 0 aliphatic heterocycles. The van der Waals surface area contributed by atoms with Gasteiger partial charge in [0.2, 0.25) is 0 Å². The standard InChI is InChI=1S/C15H27N3O/c1-12-7-8-13(10-15(12)18(2)3)17-14(11-19-4)6-5-9-16/h7-8,10,14,17H,5-6,9,11,16H2,1-4H3. The van der Waals surface area contributed by atoms with Gasteiger partial charge in [-0.1, -0.05) is 6.07 Å². The number of nitrogens with two attached hydrogens (primary N) is 1. The molecule has 0 saturated carbocycles. The van der Waals surface area contributed by atoms with Gasteiger partial charge in [-0.15, -0.1) is 0 Å². The van der Waals surface area contributed by atoms with E-state index in [9.17, 15) is 0 Å². The van der Waals surface area contributed by atoms with Crippen LogP contribution in [0.25, 0.3) is 0 Å². The van der Waals surface area contributed by atoms with Gasteiger partial charge in [0.25, 0.3) is 0 Å². The van der Waals surface area contributed by atoms with Crippen LogP contribution < -0.4 is 16.0 Å². The van der Waals surface area contributed by atoms with E-state index in [0.717, 1.165) is 25.1 Å². The van der Waals surface area contributed by atoms with Gasteiger partial charge in [-0.05, 0) is 44.0 Å². The molecule has 0 bridgehead atoms. The minimum absolute atomic E-state index is 0.311. The summed E-state index contributed by atoms with van der Waals surface area (Å²) in [7, 11) is 5.86. The fraction of sp³-hybridized carbons (Fsp3) is 0.600. The number of aryl methyl sites for hydroxylation is 1. The monoisotopic (exact) mass is 265 g/mol. The molecule has 0 radical (unpaired) electrons. The number of nitrogens with one attached hydrogen (secondary N) is 1. The lowest BCUT2D eigenvalue weighted by atomic mass is 10.1. The third kappa shape index (κ3) is 5.09. The molecule has 1 rings (SSSR count). The zero-order valence-electron chi connectivity index (χ0n) is 12.6. The number of hydrogen-bond donors (Lipinski definition) is 2. The Hall–Kier alpha value is -1.26. The van der Waals surface area contributed by atoms with Gasteiger partial charge in [-0.25, -0.2) is 0 Å². The lowest BCUT2D eigenvalue weighted by Gasteiger charge is -2.22. The summed E-state index contributed by atoms with van der Waals surface area (Å²) in [6.07, 6.45) is 2.03. The van der Waals surface area contributed by atoms with Crippen LogP contribution in [0.5, 0.6) is 0 Å². The summed E-state index contributed by atoms with van der Waals surface area (Å²) in [5.41, 5.74) is 9.22. The van der Waals surface area contributed by atoms with Crippen molar-refractivity contribution in [2.75, 3.05) is 44.6 Å². The third-order valence-electron chi connectivity index (χ3n) is 3.19. The van der Waals surface area contributed by atoms with Crippen LogP contribution in [0.15, 0.2) is 18.2 Å². The molecule has 1 aromatic rings. The molecule has 4 heteroatoms. The van der Waals surface area contributed by atoms with Gasteiger partial charge in [-0.2, -0.15) is 0 Å². The van der Waals surface area contributed by atoms with E-state index in [1.807, 2.05) is 0 Å². The van der Waals surface area contributed by atoms with E-state index in [4.69, 9.17) is 10.5 Å². The van der Waals surface area contributed by atoms with E-state index in [1.54, 1.807) is 7.11 Å². The molecule has 1 atom stereocenters. The Labute approximate surface area is 116 Å². The lowest BCUT2D eigenvalue weighted by Crippen LogP contribution is -2.26. The third-order valence-corrected chi connectivity index (χ3v) is 3.19. The Morgan fingerprint density at radius 2 is 2.11 bits per heavy atom. The first-order valence-corrected chi connectivity index (χ1v) is 6.82. The molecule has 0 aliphatic carbocycles. The second-order valence-corrected chi connectivity index (χ2v) is 5.12. The second-order valence-electron chi connectivity index (χ2n) is 5.12. The molecular formula is C15H27N3O. The van der Waals surface area contributed by atoms with Crippen molar-refractivity contribution in [1.29, 1.82) is 0 Å². The van der Waals surface area contributed by atoms with E-state index < -0.39 is 0 Å². The molecule has 108 valence electrons. The van der Waals surface area contributed by atoms with Crippen LogP contribution in [0.1, 0.15) is 18.4 Å². The van der Waals surface area contributed by atoms with Gasteiger partial charge in [0.05, 0.1) is 6.61 Å². The van der Waals surface area contributed by atoms with E-state index >= 15 is 0 Å². The highest BCUT2D eigenvalue weighted by Crippen LogP contribution is 2.23. The zero-order valence-corrected chi connectivity index (χ0v) is 12.6. The molecule has 19 heavy (non-hydrogen) atoms. The molecule has 0 fully saturated rings. The normalized spacial score (nSPS) is 12.3. The van der Waals surface area contributed by atoms with Crippen LogP contribution in [0.4, 0.5) is 11.4 Å². The molecule has 0 amide bonds. The Balaban J connectivity index is 2.75. The minimum Gasteiger partial charge on any atom is -0.383 e. The molecule has 0 heterocycles. The Kier molecular flexibility index (Phi) is 6.67. The first kappa shape index (κ1) is 15.8. The molecule has 4 nitrogen and oxygen atoms in total. The largest absolute Gasteiger partial charge is 0.383 e. The van der Waals surface area contributed by atoms with Crippen molar-refractivity contribution >= 4 is 11.4 Å². The number of methoxy groups -OCH3 is 1. The first-order valence-electron chi connectivity index (χ1n) is 6.82. The Morgan fingerprint density at radius 3 is 2.68 bits per heavy atom. The highest BCUT2D eigenvalue weighted by atomic mass is 16.5. The number of rotatable bonds is 8. The number of nitrogens with zero attached hydrogens (tertiary/aromatic N) is 1. The van der Waals surface area contributed by atoms with Gasteiger partial charge < -0.3 is 20.7 Å². The highest BCUT2D eigenvalue weighted by Gasteiger charge is 2.09. The van der Waals surface area contributed by atoms with Crippen molar-refractivity contribution in [3.05, 3.63) is 23.8 Å². The van der Waals surface area contributed by atoms with E-state index in [2.05, 4.69) is 49.4 Å². The quantitative estimate of drug-likeness (QED) is 0.757. The summed E-state index contributed by atoms with van der Waals surface area (Å²) in [5, 5.41) is 3.53. The van der Waals surface area contributed by atoms with Gasteiger partial charge in [0.1, 0.15) is 0 Å². The van der Waals surface area contributed by atoms with Crippen molar-refractivity contribution in [3.63, 3.8) is 0 Å². The zero-order chi connectivity index (χ0) is 14.3. The van der Waals surface area contributed by atoms with Crippen LogP contribution in [0.2, 0.25) is 0 Å². The molecule has 3 N–H and O–H groups in total. The molecule has 0 aliphatic rings. The highest BCUT2D eigenvalue weighted by molar-refractivity contribution is 5.62. The average Bonchev–Trinajstić information content (AvgIpc) is 2.38. The van der Waals surface area contributed by atoms with Crippen LogP contribution >= 0.6 is 0 Å². The number of ether oxygens (including phenoxy) is 1. The fourth-order valence-electron chi connectivity index (χ4n) is 2.18. The van der Waals surface area contributed by atoms with E-state index in [1.165, 1.54) is 11.3 Å². The minimum atomic E-state index is 0.311. The Bertz CT molecular complexity index is 380. The topological polar surface area (TPSA) is 50.5 Å². The van der Waals surface area contributed by atoms with Crippen molar-refractivity contribution in [2.24, 2.45) is 5.73 Å². The molecule has 1 unspecified atom stereocenters. The van der Waals surface area contributed by atoms with Crippen LogP contribution in [0, 0.1) is 6.92 Å². The average molecular weight is 265 g/mol. The number of benzene rings is 1. The van der Waals surface area contributed by atoms with Crippen LogP contribution in [-0.2, 0) is 4.74 Å². The summed E-state index contributed by atoms with van der Waals surface area (Å²) in [6, 6.07) is 6.75. The lowest BCUT2D eigenvalue weighted by molar-refractivity contribution is 0.182. The predicted molar refractivity (Wildman–Crippen MR) is 83.1 cm³/mol.